The summed E-state index contributed by atoms with van der Waals surface area (Å²) in [5.74, 6) is -0.258. The molecular weight excluding hydrogens is 758 g/mol. The third-order valence-electron chi connectivity index (χ3n) is 11.9. The molecule has 2 atom stereocenters. The van der Waals surface area contributed by atoms with Gasteiger partial charge in [0.25, 0.3) is 5.91 Å². The largest absolute Gasteiger partial charge is 0.417 e. The third-order valence-corrected chi connectivity index (χ3v) is 12.3. The highest BCUT2D eigenvalue weighted by Gasteiger charge is 2.52. The van der Waals surface area contributed by atoms with E-state index in [4.69, 9.17) is 12.2 Å². The van der Waals surface area contributed by atoms with Gasteiger partial charge in [0.1, 0.15) is 5.54 Å². The van der Waals surface area contributed by atoms with Gasteiger partial charge in [0, 0.05) is 55.6 Å². The van der Waals surface area contributed by atoms with Gasteiger partial charge in [-0.25, -0.2) is 4.79 Å². The summed E-state index contributed by atoms with van der Waals surface area (Å²) in [5, 5.41) is 14.7. The predicted octanol–water partition coefficient (Wildman–Crippen LogP) is 6.50. The van der Waals surface area contributed by atoms with Gasteiger partial charge in [-0.2, -0.15) is 18.4 Å². The molecule has 6 rings (SSSR count). The molecule has 1 saturated carbocycles. The van der Waals surface area contributed by atoms with Gasteiger partial charge in [-0.1, -0.05) is 18.9 Å². The van der Waals surface area contributed by atoms with Gasteiger partial charge in [-0.15, -0.1) is 0 Å². The molecule has 3 heterocycles. The summed E-state index contributed by atoms with van der Waals surface area (Å²) in [6.45, 7) is 11.1. The van der Waals surface area contributed by atoms with Crippen molar-refractivity contribution < 1.29 is 32.3 Å². The normalized spacial score (nSPS) is 24.8. The Labute approximate surface area is 337 Å². The number of unbranched alkanes of at least 4 members (excludes halogenated alkanes) is 1. The fourth-order valence-electron chi connectivity index (χ4n) is 9.00. The number of benzene rings is 2. The summed E-state index contributed by atoms with van der Waals surface area (Å²) in [6.07, 6.45) is 2.37. The van der Waals surface area contributed by atoms with Crippen molar-refractivity contribution in [3.05, 3.63) is 53.6 Å². The highest BCUT2D eigenvalue weighted by atomic mass is 32.1. The summed E-state index contributed by atoms with van der Waals surface area (Å²) < 4.78 is 41.2. The molecule has 3 saturated heterocycles. The van der Waals surface area contributed by atoms with Crippen LogP contribution in [0.3, 0.4) is 0 Å². The van der Waals surface area contributed by atoms with E-state index in [-0.39, 0.29) is 66.2 Å². The minimum absolute atomic E-state index is 0.000486. The first-order chi connectivity index (χ1) is 27.0. The number of anilines is 3. The van der Waals surface area contributed by atoms with E-state index in [0.717, 1.165) is 76.7 Å². The minimum Gasteiger partial charge on any atom is -0.331 e. The minimum atomic E-state index is -4.75. The van der Waals surface area contributed by atoms with Gasteiger partial charge in [-0.05, 0) is 121 Å². The lowest BCUT2D eigenvalue weighted by molar-refractivity contribution is -0.137. The van der Waals surface area contributed by atoms with Crippen LogP contribution in [-0.4, -0.2) is 100.0 Å². The molecule has 306 valence electrons. The molecule has 3 aliphatic heterocycles. The molecule has 4 aliphatic rings. The number of nitriles is 1. The molecule has 2 N–H and O–H groups in total. The highest BCUT2D eigenvalue weighted by molar-refractivity contribution is 7.80. The van der Waals surface area contributed by atoms with Crippen molar-refractivity contribution in [3.8, 4) is 6.07 Å². The number of carbonyl (C=O) groups is 4. The monoisotopic (exact) mass is 808 g/mol. The Kier molecular flexibility index (Phi) is 12.6. The second-order valence-corrected chi connectivity index (χ2v) is 16.7. The van der Waals surface area contributed by atoms with Crippen molar-refractivity contribution in [2.75, 3.05) is 47.8 Å². The third kappa shape index (κ3) is 9.26. The number of nitrogens with zero attached hydrogens (tertiary/aromatic N) is 6. The van der Waals surface area contributed by atoms with Gasteiger partial charge in [0.2, 0.25) is 11.8 Å². The molecule has 0 aromatic heterocycles. The molecule has 12 nitrogen and oxygen atoms in total. The van der Waals surface area contributed by atoms with Crippen LogP contribution in [0, 0.1) is 17.2 Å². The number of thiocarbonyl (C=S) groups is 1. The van der Waals surface area contributed by atoms with Crippen LogP contribution < -0.4 is 20.4 Å². The number of amides is 5. The average Bonchev–Trinajstić information content (AvgIpc) is 3.33. The molecule has 5 amide bonds. The van der Waals surface area contributed by atoms with E-state index < -0.39 is 28.9 Å². The molecule has 1 aliphatic carbocycles. The maximum absolute atomic E-state index is 13.7. The number of urea groups is 1. The zero-order chi connectivity index (χ0) is 41.2. The number of carbonyl (C=O) groups excluding carboxylic acids is 4. The highest BCUT2D eigenvalue weighted by Crippen LogP contribution is 2.41. The van der Waals surface area contributed by atoms with Crippen LogP contribution in [0.5, 0.6) is 0 Å². The summed E-state index contributed by atoms with van der Waals surface area (Å²) in [4.78, 5) is 59.9. The van der Waals surface area contributed by atoms with Crippen molar-refractivity contribution in [3.63, 3.8) is 0 Å². The van der Waals surface area contributed by atoms with Crippen molar-refractivity contribution in [1.82, 2.24) is 20.0 Å². The Morgan fingerprint density at radius 1 is 1.00 bits per heavy atom. The molecule has 2 aromatic carbocycles. The number of halogens is 3. The van der Waals surface area contributed by atoms with E-state index in [1.54, 1.807) is 44.2 Å². The maximum Gasteiger partial charge on any atom is 0.417 e. The Morgan fingerprint density at radius 2 is 1.70 bits per heavy atom. The maximum atomic E-state index is 13.7. The molecule has 0 unspecified atom stereocenters. The molecule has 2 aromatic rings. The lowest BCUT2D eigenvalue weighted by Gasteiger charge is -2.44. The Morgan fingerprint density at radius 3 is 2.35 bits per heavy atom. The summed E-state index contributed by atoms with van der Waals surface area (Å²) >= 11 is 5.76. The van der Waals surface area contributed by atoms with E-state index in [9.17, 15) is 37.6 Å². The molecule has 4 fully saturated rings. The topological polar surface area (TPSA) is 132 Å². The number of imide groups is 1. The van der Waals surface area contributed by atoms with Gasteiger partial charge in [0.05, 0.1) is 29.4 Å². The van der Waals surface area contributed by atoms with Crippen LogP contribution >= 0.6 is 12.2 Å². The standard InChI is InChI=1S/C41H51F3N8O4S/c1-26-23-48(24-27(2)50(26)25-36(54)46-30-9-7-10-32(20-30)49-19-17-35(53)47-38(49)56)18-6-5-8-28-11-14-31(15-12-28)52-39(57)51(37(55)40(52,3)4)33-16-13-29(22-45)34(21-33)41(42,43)44/h7,9-10,13,16,20-21,26-28,31H,5-6,8,11-12,14-15,17-19,23-25H2,1-4H3,(H,46,54)(H,47,53,56)/t26-,27+,28-,31-. The Balaban J connectivity index is 0.929. The first-order valence-corrected chi connectivity index (χ1v) is 20.2. The van der Waals surface area contributed by atoms with E-state index in [1.807, 2.05) is 4.90 Å². The average molecular weight is 809 g/mol. The number of hydrogen-bond donors (Lipinski definition) is 2. The fourth-order valence-corrected chi connectivity index (χ4v) is 9.57. The fraction of sp³-hybridized carbons (Fsp3) is 0.561. The van der Waals surface area contributed by atoms with Gasteiger partial charge >= 0.3 is 12.2 Å². The Bertz CT molecular complexity index is 1920. The Hall–Kier alpha value is -4.59. The number of nitrogens with one attached hydrogen (secondary N) is 2. The SMILES string of the molecule is C[C@@H]1CN(CCCC[C@H]2CC[C@H](N3C(=S)N(c4ccc(C#N)c(C(F)(F)F)c4)C(=O)C3(C)C)CC2)C[C@H](C)N1CC(=O)Nc1cccc(N2CCC(=O)NC2=O)c1. The van der Waals surface area contributed by atoms with Crippen molar-refractivity contribution in [1.29, 1.82) is 5.26 Å². The van der Waals surface area contributed by atoms with E-state index >= 15 is 0 Å². The lowest BCUT2D eigenvalue weighted by Crippen LogP contribution is -2.58. The zero-order valence-corrected chi connectivity index (χ0v) is 33.7. The van der Waals surface area contributed by atoms with Crippen molar-refractivity contribution in [2.24, 2.45) is 5.92 Å². The van der Waals surface area contributed by atoms with Crippen LogP contribution in [0.2, 0.25) is 0 Å². The van der Waals surface area contributed by atoms with E-state index in [2.05, 4.69) is 34.3 Å². The second kappa shape index (κ2) is 17.1. The van der Waals surface area contributed by atoms with E-state index in [0.29, 0.717) is 17.3 Å². The first-order valence-electron chi connectivity index (χ1n) is 19.8. The molecule has 57 heavy (non-hydrogen) atoms. The zero-order valence-electron chi connectivity index (χ0n) is 32.9. The number of rotatable bonds is 11. The van der Waals surface area contributed by atoms with Crippen LogP contribution in [0.25, 0.3) is 0 Å². The van der Waals surface area contributed by atoms with Crippen molar-refractivity contribution >= 4 is 58.1 Å². The van der Waals surface area contributed by atoms with E-state index in [1.165, 1.54) is 15.9 Å². The molecular formula is C41H51F3N8O4S. The summed E-state index contributed by atoms with van der Waals surface area (Å²) in [7, 11) is 0. The first kappa shape index (κ1) is 42.0. The van der Waals surface area contributed by atoms with Crippen LogP contribution in [0.15, 0.2) is 42.5 Å². The van der Waals surface area contributed by atoms with Crippen molar-refractivity contribution in [2.45, 2.75) is 109 Å². The smallest absolute Gasteiger partial charge is 0.331 e. The van der Waals surface area contributed by atoms with Gasteiger partial charge in [0.15, 0.2) is 5.11 Å². The molecule has 0 radical (unpaired) electrons. The summed E-state index contributed by atoms with van der Waals surface area (Å²) in [6, 6.07) is 11.8. The van der Waals surface area contributed by atoms with Gasteiger partial charge in [-0.3, -0.25) is 34.4 Å². The molecule has 0 bridgehead atoms. The van der Waals surface area contributed by atoms with Crippen LogP contribution in [0.1, 0.15) is 90.2 Å². The second-order valence-electron chi connectivity index (χ2n) is 16.3. The van der Waals surface area contributed by atoms with Crippen LogP contribution in [-0.2, 0) is 20.6 Å². The molecule has 16 heteroatoms. The van der Waals surface area contributed by atoms with Crippen LogP contribution in [0.4, 0.5) is 35.0 Å². The molecule has 0 spiro atoms. The number of piperazine rings is 1. The number of hydrogen-bond acceptors (Lipinski definition) is 8. The predicted molar refractivity (Wildman–Crippen MR) is 214 cm³/mol. The van der Waals surface area contributed by atoms with Gasteiger partial charge < -0.3 is 15.1 Å². The summed E-state index contributed by atoms with van der Waals surface area (Å²) in [5.41, 5.74) is -1.40. The number of alkyl halides is 3. The quantitative estimate of drug-likeness (QED) is 0.193. The lowest BCUT2D eigenvalue weighted by atomic mass is 9.81.